The highest BCUT2D eigenvalue weighted by molar-refractivity contribution is 5.74. The van der Waals surface area contributed by atoms with Crippen LogP contribution >= 0.6 is 0 Å². The van der Waals surface area contributed by atoms with Crippen LogP contribution in [0.4, 0.5) is 18.0 Å². The van der Waals surface area contributed by atoms with E-state index in [1.807, 2.05) is 17.0 Å². The van der Waals surface area contributed by atoms with Crippen molar-refractivity contribution < 1.29 is 37.3 Å². The number of amides is 2. The number of hydrogen-bond donors (Lipinski definition) is 2. The Morgan fingerprint density at radius 2 is 2.14 bits per heavy atom. The molecule has 2 heterocycles. The lowest BCUT2D eigenvalue weighted by Crippen LogP contribution is -2.54. The van der Waals surface area contributed by atoms with Gasteiger partial charge in [0.25, 0.3) is 0 Å². The zero-order chi connectivity index (χ0) is 21.4. The first-order valence-corrected chi connectivity index (χ1v) is 9.06. The van der Waals surface area contributed by atoms with E-state index in [0.29, 0.717) is 25.6 Å². The Balaban J connectivity index is 0.000000370. The summed E-state index contributed by atoms with van der Waals surface area (Å²) in [5.74, 6) is -2.28. The number of nitrogens with zero attached hydrogens (tertiary/aromatic N) is 2. The molecule has 2 N–H and O–H groups in total. The molecule has 1 saturated carbocycles. The number of carbonyl (C=O) groups excluding carboxylic acids is 1. The highest BCUT2D eigenvalue weighted by Gasteiger charge is 2.42. The molecule has 2 amide bonds. The van der Waals surface area contributed by atoms with Gasteiger partial charge in [-0.05, 0) is 30.4 Å². The van der Waals surface area contributed by atoms with E-state index in [1.165, 1.54) is 0 Å². The smallest absolute Gasteiger partial charge is 0.475 e. The van der Waals surface area contributed by atoms with Gasteiger partial charge >= 0.3 is 18.2 Å². The molecule has 11 heteroatoms. The van der Waals surface area contributed by atoms with E-state index in [2.05, 4.69) is 10.3 Å². The Kier molecular flexibility index (Phi) is 8.21. The van der Waals surface area contributed by atoms with Crippen molar-refractivity contribution in [2.45, 2.75) is 37.7 Å². The van der Waals surface area contributed by atoms with Crippen molar-refractivity contribution in [2.75, 3.05) is 26.9 Å². The molecule has 1 aliphatic carbocycles. The Labute approximate surface area is 166 Å². The fraction of sp³-hybridized carbons (Fsp3) is 0.611. The van der Waals surface area contributed by atoms with Crippen LogP contribution < -0.4 is 5.32 Å². The zero-order valence-electron chi connectivity index (χ0n) is 15.9. The van der Waals surface area contributed by atoms with Crippen LogP contribution in [0.5, 0.6) is 0 Å². The Morgan fingerprint density at radius 1 is 1.41 bits per heavy atom. The third kappa shape index (κ3) is 6.86. The van der Waals surface area contributed by atoms with Gasteiger partial charge in [0, 0.05) is 39.2 Å². The number of urea groups is 1. The second-order valence-corrected chi connectivity index (χ2v) is 6.79. The summed E-state index contributed by atoms with van der Waals surface area (Å²) < 4.78 is 42.8. The summed E-state index contributed by atoms with van der Waals surface area (Å²) in [7, 11) is 1.72. The van der Waals surface area contributed by atoms with Gasteiger partial charge in [0.05, 0.1) is 18.8 Å². The SMILES string of the molecule is COCC1CC2OCCN(C(=O)NCc3cccnc3)C2C1.O=C(O)C(F)(F)F. The molecule has 29 heavy (non-hydrogen) atoms. The number of morpholine rings is 1. The number of hydrogen-bond acceptors (Lipinski definition) is 5. The average Bonchev–Trinajstić information content (AvgIpc) is 3.09. The molecule has 8 nitrogen and oxygen atoms in total. The van der Waals surface area contributed by atoms with Crippen molar-refractivity contribution in [3.63, 3.8) is 0 Å². The second kappa shape index (κ2) is 10.4. The van der Waals surface area contributed by atoms with Crippen molar-refractivity contribution in [1.82, 2.24) is 15.2 Å². The van der Waals surface area contributed by atoms with Crippen LogP contribution in [0.2, 0.25) is 0 Å². The van der Waals surface area contributed by atoms with Crippen molar-refractivity contribution >= 4 is 12.0 Å². The Bertz CT molecular complexity index is 674. The van der Waals surface area contributed by atoms with Gasteiger partial charge < -0.3 is 24.8 Å². The standard InChI is InChI=1S/C16H23N3O3.C2HF3O2/c1-21-11-13-7-14-15(8-13)22-6-5-19(14)16(20)18-10-12-3-2-4-17-9-12;3-2(4,5)1(6)7/h2-4,9,13-15H,5-8,10-11H2,1H3,(H,18,20);(H,6,7). The zero-order valence-corrected chi connectivity index (χ0v) is 15.9. The lowest BCUT2D eigenvalue weighted by molar-refractivity contribution is -0.192. The number of alkyl halides is 3. The summed E-state index contributed by atoms with van der Waals surface area (Å²) in [6.07, 6.45) is 0.501. The minimum absolute atomic E-state index is 0.0137. The number of carboxylic acid groups (broad SMARTS) is 1. The van der Waals surface area contributed by atoms with Gasteiger partial charge in [-0.25, -0.2) is 9.59 Å². The van der Waals surface area contributed by atoms with Gasteiger partial charge in [-0.2, -0.15) is 13.2 Å². The molecule has 162 valence electrons. The molecule has 1 saturated heterocycles. The maximum Gasteiger partial charge on any atom is 0.490 e. The van der Waals surface area contributed by atoms with E-state index in [0.717, 1.165) is 25.0 Å². The largest absolute Gasteiger partial charge is 0.490 e. The molecular formula is C18H24F3N3O5. The topological polar surface area (TPSA) is 101 Å². The third-order valence-electron chi connectivity index (χ3n) is 4.71. The number of carboxylic acids is 1. The van der Waals surface area contributed by atoms with Crippen molar-refractivity contribution in [1.29, 1.82) is 0 Å². The third-order valence-corrected chi connectivity index (χ3v) is 4.71. The van der Waals surface area contributed by atoms with E-state index < -0.39 is 12.1 Å². The fourth-order valence-electron chi connectivity index (χ4n) is 3.46. The van der Waals surface area contributed by atoms with Crippen molar-refractivity contribution in [3.8, 4) is 0 Å². The van der Waals surface area contributed by atoms with Crippen LogP contribution in [-0.4, -0.2) is 72.2 Å². The second-order valence-electron chi connectivity index (χ2n) is 6.79. The first-order chi connectivity index (χ1) is 13.7. The van der Waals surface area contributed by atoms with E-state index in [4.69, 9.17) is 19.4 Å². The monoisotopic (exact) mass is 419 g/mol. The van der Waals surface area contributed by atoms with E-state index >= 15 is 0 Å². The summed E-state index contributed by atoms with van der Waals surface area (Å²) in [4.78, 5) is 27.4. The van der Waals surface area contributed by atoms with Crippen LogP contribution in [-0.2, 0) is 20.8 Å². The molecule has 3 unspecified atom stereocenters. The number of rotatable bonds is 4. The predicted octanol–water partition coefficient (Wildman–Crippen LogP) is 2.05. The van der Waals surface area contributed by atoms with Crippen molar-refractivity contribution in [3.05, 3.63) is 30.1 Å². The summed E-state index contributed by atoms with van der Waals surface area (Å²) in [6.45, 7) is 2.51. The summed E-state index contributed by atoms with van der Waals surface area (Å²) in [5, 5.41) is 10.1. The first kappa shape index (κ1) is 22.9. The number of ether oxygens (including phenoxy) is 2. The van der Waals surface area contributed by atoms with Crippen LogP contribution in [0.3, 0.4) is 0 Å². The van der Waals surface area contributed by atoms with Crippen LogP contribution in [0.1, 0.15) is 18.4 Å². The Hall–Kier alpha value is -2.40. The molecule has 0 aromatic carbocycles. The van der Waals surface area contributed by atoms with Gasteiger partial charge in [0.2, 0.25) is 0 Å². The molecule has 0 spiro atoms. The molecular weight excluding hydrogens is 395 g/mol. The summed E-state index contributed by atoms with van der Waals surface area (Å²) in [5.41, 5.74) is 1.00. The number of methoxy groups -OCH3 is 1. The predicted molar refractivity (Wildman–Crippen MR) is 95.0 cm³/mol. The van der Waals surface area contributed by atoms with E-state index in [1.54, 1.807) is 19.5 Å². The first-order valence-electron chi connectivity index (χ1n) is 9.06. The molecule has 1 aliphatic heterocycles. The average molecular weight is 419 g/mol. The van der Waals surface area contributed by atoms with Crippen LogP contribution in [0.15, 0.2) is 24.5 Å². The number of aromatic nitrogens is 1. The highest BCUT2D eigenvalue weighted by Crippen LogP contribution is 2.34. The molecule has 0 radical (unpaired) electrons. The lowest BCUT2D eigenvalue weighted by atomic mass is 10.1. The van der Waals surface area contributed by atoms with Gasteiger partial charge in [-0.15, -0.1) is 0 Å². The van der Waals surface area contributed by atoms with Gasteiger partial charge in [0.15, 0.2) is 0 Å². The number of fused-ring (bicyclic) bond motifs is 1. The molecule has 2 aliphatic rings. The summed E-state index contributed by atoms with van der Waals surface area (Å²) in [6, 6.07) is 3.99. The molecule has 3 rings (SSSR count). The maximum atomic E-state index is 12.5. The highest BCUT2D eigenvalue weighted by atomic mass is 19.4. The van der Waals surface area contributed by atoms with Crippen LogP contribution in [0.25, 0.3) is 0 Å². The number of aliphatic carboxylic acids is 1. The minimum Gasteiger partial charge on any atom is -0.475 e. The molecule has 1 aromatic rings. The number of nitrogens with one attached hydrogen (secondary N) is 1. The van der Waals surface area contributed by atoms with Crippen LogP contribution in [0, 0.1) is 5.92 Å². The molecule has 0 bridgehead atoms. The quantitative estimate of drug-likeness (QED) is 0.775. The maximum absolute atomic E-state index is 12.5. The van der Waals surface area contributed by atoms with Gasteiger partial charge in [-0.3, -0.25) is 4.98 Å². The fourth-order valence-corrected chi connectivity index (χ4v) is 3.46. The van der Waals surface area contributed by atoms with Crippen molar-refractivity contribution in [2.24, 2.45) is 5.92 Å². The Morgan fingerprint density at radius 3 is 2.72 bits per heavy atom. The number of pyridine rings is 1. The molecule has 1 aromatic heterocycles. The molecule has 2 fully saturated rings. The minimum atomic E-state index is -5.08. The number of halogens is 3. The lowest BCUT2D eigenvalue weighted by Gasteiger charge is -2.37. The number of carbonyl (C=O) groups is 2. The normalized spacial score (nSPS) is 23.6. The summed E-state index contributed by atoms with van der Waals surface area (Å²) >= 11 is 0. The molecule has 3 atom stereocenters. The van der Waals surface area contributed by atoms with E-state index in [9.17, 15) is 18.0 Å². The van der Waals surface area contributed by atoms with E-state index in [-0.39, 0.29) is 18.2 Å². The van der Waals surface area contributed by atoms with Gasteiger partial charge in [0.1, 0.15) is 0 Å². The van der Waals surface area contributed by atoms with Gasteiger partial charge in [-0.1, -0.05) is 6.07 Å².